The second kappa shape index (κ2) is 12.1. The van der Waals surface area contributed by atoms with Crippen LogP contribution in [0.1, 0.15) is 170 Å². The quantitative estimate of drug-likeness (QED) is 0.281. The Morgan fingerprint density at radius 2 is 0.750 bits per heavy atom. The number of benzene rings is 2. The van der Waals surface area contributed by atoms with E-state index in [9.17, 15) is 0 Å². The van der Waals surface area contributed by atoms with Gasteiger partial charge < -0.3 is 0 Å². The van der Waals surface area contributed by atoms with Crippen molar-refractivity contribution in [1.29, 1.82) is 0 Å². The summed E-state index contributed by atoms with van der Waals surface area (Å²) in [7, 11) is 0. The van der Waals surface area contributed by atoms with Crippen LogP contribution < -0.4 is 9.80 Å². The van der Waals surface area contributed by atoms with Crippen LogP contribution in [-0.2, 0) is 0 Å². The molecule has 2 nitrogen and oxygen atoms in total. The van der Waals surface area contributed by atoms with E-state index >= 15 is 0 Å². The number of hydrogen-bond donors (Lipinski definition) is 0. The first kappa shape index (κ1) is 35.0. The first-order valence-corrected chi connectivity index (χ1v) is 17.7. The number of rotatable bonds is 8. The zero-order valence-electron chi connectivity index (χ0n) is 31.4. The second-order valence-corrected chi connectivity index (χ2v) is 18.2. The molecule has 2 fully saturated rings. The third kappa shape index (κ3) is 6.27. The van der Waals surface area contributed by atoms with E-state index in [0.29, 0.717) is 35.6 Å². The number of anilines is 2. The summed E-state index contributed by atoms with van der Waals surface area (Å²) >= 11 is 0. The van der Waals surface area contributed by atoms with E-state index in [1.54, 1.807) is 0 Å². The first-order chi connectivity index (χ1) is 20.1. The van der Waals surface area contributed by atoms with Gasteiger partial charge in [-0.1, -0.05) is 0 Å². The molecule has 2 aliphatic heterocycles. The molecule has 4 rings (SSSR count). The molecule has 2 aliphatic rings. The van der Waals surface area contributed by atoms with Gasteiger partial charge in [-0.15, -0.1) is 0 Å². The van der Waals surface area contributed by atoms with Crippen molar-refractivity contribution in [3.05, 3.63) is 58.7 Å². The summed E-state index contributed by atoms with van der Waals surface area (Å²) < 4.78 is 0. The Morgan fingerprint density at radius 3 is 0.977 bits per heavy atom. The maximum atomic E-state index is 2.84. The summed E-state index contributed by atoms with van der Waals surface area (Å²) in [4.78, 5) is 5.68. The molecule has 240 valence electrons. The molecule has 0 aliphatic carbocycles. The summed E-state index contributed by atoms with van der Waals surface area (Å²) in [6.07, 6.45) is 2.33. The molecule has 0 bridgehead atoms. The van der Waals surface area contributed by atoms with Crippen molar-refractivity contribution in [3.63, 3.8) is 0 Å². The molecule has 2 atom stereocenters. The molecular weight excluding hydrogens is 530 g/mol. The SMILES string of the molecule is CC(C)c1cccc(C(C)C)c1N1C(B=BC2N(c3c(C(C)C)cccc3C(C)C)C(C)(C)CC2(C)C)C(C)(C)CC1(C)C. The van der Waals surface area contributed by atoms with Crippen LogP contribution in [0.5, 0.6) is 0 Å². The number of hydrogen-bond acceptors (Lipinski definition) is 2. The average molecular weight is 595 g/mol. The van der Waals surface area contributed by atoms with Crippen LogP contribution in [0.4, 0.5) is 11.4 Å². The van der Waals surface area contributed by atoms with Gasteiger partial charge in [0.05, 0.1) is 0 Å². The van der Waals surface area contributed by atoms with Crippen LogP contribution in [0.3, 0.4) is 0 Å². The predicted molar refractivity (Wildman–Crippen MR) is 198 cm³/mol. The maximum absolute atomic E-state index is 2.84. The molecule has 0 N–H and O–H groups in total. The van der Waals surface area contributed by atoms with Crippen LogP contribution in [-0.4, -0.2) is 36.6 Å². The summed E-state index contributed by atoms with van der Waals surface area (Å²) in [5.74, 6) is 2.50. The molecule has 2 heterocycles. The predicted octanol–water partition coefficient (Wildman–Crippen LogP) is 10.9. The van der Waals surface area contributed by atoms with Gasteiger partial charge in [-0.3, -0.25) is 0 Å². The van der Waals surface area contributed by atoms with Crippen molar-refractivity contribution < 1.29 is 0 Å². The van der Waals surface area contributed by atoms with Crippen molar-refractivity contribution in [2.45, 2.75) is 170 Å². The van der Waals surface area contributed by atoms with Crippen LogP contribution in [0.15, 0.2) is 36.4 Å². The van der Waals surface area contributed by atoms with Crippen molar-refractivity contribution in [3.8, 4) is 0 Å². The molecular formula is C40H64B2N2. The fourth-order valence-electron chi connectivity index (χ4n) is 9.43. The molecule has 0 radical (unpaired) electrons. The summed E-state index contributed by atoms with van der Waals surface area (Å²) in [6.45, 7) is 44.1. The fourth-order valence-corrected chi connectivity index (χ4v) is 9.43. The van der Waals surface area contributed by atoms with E-state index in [0.717, 1.165) is 12.8 Å². The van der Waals surface area contributed by atoms with Gasteiger partial charge in [0.1, 0.15) is 0 Å². The molecule has 0 aromatic heterocycles. The molecule has 0 saturated carbocycles. The standard InChI is InChI=1S/C40H64B2N2/c1-25(2)29-19-17-20-30(26(3)4)33(29)43-35(37(9,10)23-39(43,13)14)41-42-36-38(11,12)24-40(15,16)44(36)34-31(27(5)6)21-18-22-32(34)28(7)8/h17-22,25-28,35-36H,23-24H2,1-16H3. The first-order valence-electron chi connectivity index (χ1n) is 17.7. The Bertz CT molecular complexity index is 1210. The molecule has 2 aromatic carbocycles. The Morgan fingerprint density at radius 1 is 0.500 bits per heavy atom. The Hall–Kier alpha value is -1.83. The minimum atomic E-state index is 0.0480. The third-order valence-electron chi connectivity index (χ3n) is 10.9. The van der Waals surface area contributed by atoms with Crippen LogP contribution >= 0.6 is 0 Å². The zero-order chi connectivity index (χ0) is 33.2. The van der Waals surface area contributed by atoms with Gasteiger partial charge in [0, 0.05) is 0 Å². The van der Waals surface area contributed by atoms with Crippen molar-refractivity contribution in [2.75, 3.05) is 9.80 Å². The summed E-state index contributed by atoms with van der Waals surface area (Å²) in [6, 6.07) is 14.1. The minimum absolute atomic E-state index is 0.0480. The van der Waals surface area contributed by atoms with Gasteiger partial charge in [-0.05, 0) is 0 Å². The average Bonchev–Trinajstić information content (AvgIpc) is 3.18. The Labute approximate surface area is 273 Å². The summed E-state index contributed by atoms with van der Waals surface area (Å²) in [5, 5.41) is 0. The van der Waals surface area contributed by atoms with E-state index in [-0.39, 0.29) is 21.9 Å². The van der Waals surface area contributed by atoms with Crippen LogP contribution in [0.2, 0.25) is 0 Å². The van der Waals surface area contributed by atoms with Crippen molar-refractivity contribution in [1.82, 2.24) is 0 Å². The second-order valence-electron chi connectivity index (χ2n) is 18.2. The van der Waals surface area contributed by atoms with E-state index in [2.05, 4.69) is 171 Å². The fraction of sp³-hybridized carbons (Fsp3) is 0.700. The Balaban J connectivity index is 1.94. The molecule has 44 heavy (non-hydrogen) atoms. The van der Waals surface area contributed by atoms with Gasteiger partial charge in [0.2, 0.25) is 0 Å². The van der Waals surface area contributed by atoms with Crippen molar-refractivity contribution >= 4 is 25.0 Å². The van der Waals surface area contributed by atoms with E-state index in [1.807, 2.05) is 0 Å². The third-order valence-corrected chi connectivity index (χ3v) is 10.9. The molecule has 2 saturated heterocycles. The van der Waals surface area contributed by atoms with Gasteiger partial charge in [-0.2, -0.15) is 0 Å². The normalized spacial score (nSPS) is 23.8. The van der Waals surface area contributed by atoms with Gasteiger partial charge in [0.25, 0.3) is 0 Å². The van der Waals surface area contributed by atoms with Crippen LogP contribution in [0, 0.1) is 10.8 Å². The van der Waals surface area contributed by atoms with E-state index < -0.39 is 0 Å². The zero-order valence-corrected chi connectivity index (χ0v) is 31.4. The van der Waals surface area contributed by atoms with Gasteiger partial charge >= 0.3 is 275 Å². The molecule has 0 amide bonds. The number of nitrogens with zero attached hydrogens (tertiary/aromatic N) is 2. The molecule has 2 unspecified atom stereocenters. The Kier molecular flexibility index (Phi) is 9.61. The van der Waals surface area contributed by atoms with E-state index in [1.165, 1.54) is 33.6 Å². The summed E-state index contributed by atoms with van der Waals surface area (Å²) in [5.41, 5.74) is 9.28. The number of para-hydroxylation sites is 2. The topological polar surface area (TPSA) is 6.48 Å². The van der Waals surface area contributed by atoms with Crippen molar-refractivity contribution in [2.24, 2.45) is 10.8 Å². The van der Waals surface area contributed by atoms with Crippen LogP contribution in [0.25, 0.3) is 0 Å². The van der Waals surface area contributed by atoms with Gasteiger partial charge in [-0.25, -0.2) is 0 Å². The molecule has 0 spiro atoms. The monoisotopic (exact) mass is 595 g/mol. The van der Waals surface area contributed by atoms with Gasteiger partial charge in [0.15, 0.2) is 0 Å². The molecule has 4 heteroatoms. The van der Waals surface area contributed by atoms with E-state index in [4.69, 9.17) is 0 Å². The molecule has 2 aromatic rings.